The van der Waals surface area contributed by atoms with Gasteiger partial charge in [0, 0.05) is 61.2 Å². The Balaban J connectivity index is 1.26. The lowest BCUT2D eigenvalue weighted by atomic mass is 10.2. The molecule has 5 rings (SSSR count). The van der Waals surface area contributed by atoms with E-state index in [1.54, 1.807) is 0 Å². The van der Waals surface area contributed by atoms with E-state index in [0.29, 0.717) is 43.6 Å². The van der Waals surface area contributed by atoms with Gasteiger partial charge in [-0.25, -0.2) is 9.97 Å². The number of amides is 2. The normalized spacial score (nSPS) is 15.6. The molecule has 0 spiro atoms. The van der Waals surface area contributed by atoms with Gasteiger partial charge in [-0.05, 0) is 81.4 Å². The van der Waals surface area contributed by atoms with Gasteiger partial charge in [0.1, 0.15) is 17.5 Å². The zero-order chi connectivity index (χ0) is 29.0. The lowest BCUT2D eigenvalue weighted by Crippen LogP contribution is -2.49. The number of anilines is 4. The average molecular weight is 595 g/mol. The van der Waals surface area contributed by atoms with Gasteiger partial charge < -0.3 is 25.2 Å². The Kier molecular flexibility index (Phi) is 8.95. The van der Waals surface area contributed by atoms with E-state index >= 15 is 0 Å². The molecule has 1 aliphatic carbocycles. The zero-order valence-corrected chi connectivity index (χ0v) is 25.6. The molecule has 2 aliphatic rings. The highest BCUT2D eigenvalue weighted by atomic mass is 32.2. The molecule has 218 valence electrons. The summed E-state index contributed by atoms with van der Waals surface area (Å²) >= 11 is 1.45. The third kappa shape index (κ3) is 8.54. The molecule has 3 aromatic rings. The predicted molar refractivity (Wildman–Crippen MR) is 163 cm³/mol. The number of hydrogen-bond acceptors (Lipinski definition) is 9. The van der Waals surface area contributed by atoms with Crippen LogP contribution in [0.4, 0.5) is 23.1 Å². The summed E-state index contributed by atoms with van der Waals surface area (Å²) in [6.07, 6.45) is 3.15. The molecule has 2 fully saturated rings. The minimum atomic E-state index is -2.13. The fraction of sp³-hybridized carbons (Fsp3) is 0.464. The summed E-state index contributed by atoms with van der Waals surface area (Å²) in [5.41, 5.74) is 1.66. The highest BCUT2D eigenvalue weighted by Crippen LogP contribution is 2.32. The van der Waals surface area contributed by atoms with Crippen molar-refractivity contribution in [3.8, 4) is 0 Å². The Morgan fingerprint density at radius 1 is 1.10 bits per heavy atom. The maximum absolute atomic E-state index is 12.7. The van der Waals surface area contributed by atoms with Crippen LogP contribution in [-0.2, 0) is 9.59 Å². The molecule has 11 nitrogen and oxygen atoms in total. The van der Waals surface area contributed by atoms with Gasteiger partial charge in [0.2, 0.25) is 11.8 Å². The number of aromatic nitrogens is 4. The van der Waals surface area contributed by atoms with Gasteiger partial charge in [0.25, 0.3) is 0 Å². The molecule has 4 N–H and O–H groups in total. The van der Waals surface area contributed by atoms with Gasteiger partial charge in [0.05, 0.1) is 5.69 Å². The van der Waals surface area contributed by atoms with Crippen molar-refractivity contribution in [3.63, 3.8) is 0 Å². The summed E-state index contributed by atoms with van der Waals surface area (Å²) in [6.45, 7) is 8.33. The number of nitrogens with zero attached hydrogens (tertiary/aromatic N) is 5. The van der Waals surface area contributed by atoms with E-state index < -0.39 is 8.32 Å². The Morgan fingerprint density at radius 2 is 1.83 bits per heavy atom. The van der Waals surface area contributed by atoms with Gasteiger partial charge in [-0.1, -0.05) is 0 Å². The molecule has 2 aromatic heterocycles. The van der Waals surface area contributed by atoms with Gasteiger partial charge in [0.15, 0.2) is 13.5 Å². The molecule has 1 saturated heterocycles. The maximum atomic E-state index is 12.7. The monoisotopic (exact) mass is 594 g/mol. The second-order valence-electron chi connectivity index (χ2n) is 11.4. The Morgan fingerprint density at radius 3 is 2.46 bits per heavy atom. The van der Waals surface area contributed by atoms with E-state index in [1.165, 1.54) is 11.8 Å². The fourth-order valence-electron chi connectivity index (χ4n) is 4.63. The molecule has 0 bridgehead atoms. The number of rotatable bonds is 11. The van der Waals surface area contributed by atoms with Crippen molar-refractivity contribution in [2.45, 2.75) is 61.8 Å². The van der Waals surface area contributed by atoms with Gasteiger partial charge in [-0.2, -0.15) is 5.10 Å². The predicted octanol–water partition coefficient (Wildman–Crippen LogP) is 4.38. The van der Waals surface area contributed by atoms with E-state index in [2.05, 4.69) is 25.7 Å². The highest BCUT2D eigenvalue weighted by Gasteiger charge is 2.29. The van der Waals surface area contributed by atoms with Gasteiger partial charge >= 0.3 is 0 Å². The topological polar surface area (TPSA) is 139 Å². The first-order chi connectivity index (χ1) is 19.6. The summed E-state index contributed by atoms with van der Waals surface area (Å²) in [5.74, 6) is 2.56. The van der Waals surface area contributed by atoms with Crippen molar-refractivity contribution in [2.75, 3.05) is 41.7 Å². The maximum Gasteiger partial charge on any atom is 0.227 e. The summed E-state index contributed by atoms with van der Waals surface area (Å²) in [4.78, 5) is 49.5. The van der Waals surface area contributed by atoms with Crippen molar-refractivity contribution in [3.05, 3.63) is 42.1 Å². The molecule has 3 heterocycles. The van der Waals surface area contributed by atoms with Crippen LogP contribution in [0, 0.1) is 12.8 Å². The first kappa shape index (κ1) is 29.1. The Hall–Kier alpha value is -3.42. The standard InChI is InChI=1S/C28H38N8O3SSi/c1-19-17-24(34-33-19)30-23-18-25(35-12-14-36(15-13-35)26(37)5-4-16-41(2,3)39)32-28(31-23)40-22-10-8-21(9-11-22)29-27(38)20-6-7-20/h8-11,17-18,20,39H,4-7,12-16H2,1-3H3,(H,29,38)(H2,30,31,32,33,34). The molecular formula is C28H38N8O3SSi. The number of hydrogen-bond donors (Lipinski definition) is 4. The molecule has 41 heavy (non-hydrogen) atoms. The fourth-order valence-corrected chi connectivity index (χ4v) is 6.43. The van der Waals surface area contributed by atoms with E-state index in [1.807, 2.05) is 61.3 Å². The third-order valence-corrected chi connectivity index (χ3v) is 9.53. The first-order valence-corrected chi connectivity index (χ1v) is 18.1. The van der Waals surface area contributed by atoms with Crippen molar-refractivity contribution in [1.29, 1.82) is 0 Å². The van der Waals surface area contributed by atoms with Crippen LogP contribution < -0.4 is 15.5 Å². The number of aryl methyl sites for hydroxylation is 1. The van der Waals surface area contributed by atoms with Crippen LogP contribution >= 0.6 is 11.8 Å². The van der Waals surface area contributed by atoms with Crippen LogP contribution in [-0.4, -0.2) is 76.2 Å². The van der Waals surface area contributed by atoms with Crippen molar-refractivity contribution in [1.82, 2.24) is 25.1 Å². The number of carbonyl (C=O) groups excluding carboxylic acids is 2. The zero-order valence-electron chi connectivity index (χ0n) is 23.8. The number of H-pyrrole nitrogens is 1. The number of carbonyl (C=O) groups is 2. The number of piperazine rings is 1. The van der Waals surface area contributed by atoms with Crippen LogP contribution in [0.2, 0.25) is 19.1 Å². The van der Waals surface area contributed by atoms with E-state index in [9.17, 15) is 14.4 Å². The molecule has 0 atom stereocenters. The molecule has 0 unspecified atom stereocenters. The lowest BCUT2D eigenvalue weighted by Gasteiger charge is -2.35. The molecule has 2 amide bonds. The minimum absolute atomic E-state index is 0.0868. The Bertz CT molecular complexity index is 1370. The minimum Gasteiger partial charge on any atom is -0.432 e. The number of aromatic amines is 1. The van der Waals surface area contributed by atoms with Crippen LogP contribution in [0.3, 0.4) is 0 Å². The summed E-state index contributed by atoms with van der Waals surface area (Å²) in [6, 6.07) is 12.3. The van der Waals surface area contributed by atoms with Crippen molar-refractivity contribution in [2.24, 2.45) is 5.92 Å². The molecular weight excluding hydrogens is 557 g/mol. The van der Waals surface area contributed by atoms with Crippen LogP contribution in [0.5, 0.6) is 0 Å². The van der Waals surface area contributed by atoms with Gasteiger partial charge in [-0.15, -0.1) is 0 Å². The van der Waals surface area contributed by atoms with Crippen LogP contribution in [0.1, 0.15) is 31.4 Å². The molecule has 1 saturated carbocycles. The number of nitrogens with one attached hydrogen (secondary N) is 3. The Labute approximate surface area is 245 Å². The average Bonchev–Trinajstić information content (AvgIpc) is 3.71. The summed E-state index contributed by atoms with van der Waals surface area (Å²) < 4.78 is 0. The molecule has 1 aromatic carbocycles. The quantitative estimate of drug-likeness (QED) is 0.188. The lowest BCUT2D eigenvalue weighted by molar-refractivity contribution is -0.131. The van der Waals surface area contributed by atoms with Crippen LogP contribution in [0.15, 0.2) is 46.5 Å². The van der Waals surface area contributed by atoms with Gasteiger partial charge in [-0.3, -0.25) is 14.7 Å². The van der Waals surface area contributed by atoms with Crippen molar-refractivity contribution < 1.29 is 14.4 Å². The smallest absolute Gasteiger partial charge is 0.227 e. The molecule has 1 aliphatic heterocycles. The second kappa shape index (κ2) is 12.6. The molecule has 0 radical (unpaired) electrons. The van der Waals surface area contributed by atoms with E-state index in [-0.39, 0.29) is 17.7 Å². The number of benzene rings is 1. The van der Waals surface area contributed by atoms with Crippen LogP contribution in [0.25, 0.3) is 0 Å². The SMILES string of the molecule is Cc1cc(Nc2cc(N3CCN(C(=O)CCC[Si](C)(C)O)CC3)nc(Sc3ccc(NC(=O)C4CC4)cc3)n2)[nH]n1. The van der Waals surface area contributed by atoms with Crippen molar-refractivity contribution >= 4 is 55.0 Å². The van der Waals surface area contributed by atoms with E-state index in [4.69, 9.17) is 9.97 Å². The second-order valence-corrected chi connectivity index (χ2v) is 16.5. The third-order valence-electron chi connectivity index (χ3n) is 7.08. The van der Waals surface area contributed by atoms with E-state index in [0.717, 1.165) is 53.2 Å². The highest BCUT2D eigenvalue weighted by molar-refractivity contribution is 7.99. The summed E-state index contributed by atoms with van der Waals surface area (Å²) in [7, 11) is -2.13. The summed E-state index contributed by atoms with van der Waals surface area (Å²) in [5, 5.41) is 14.0. The largest absolute Gasteiger partial charge is 0.432 e. The first-order valence-electron chi connectivity index (χ1n) is 14.1. The molecule has 13 heteroatoms.